The van der Waals surface area contributed by atoms with Crippen LogP contribution in [-0.2, 0) is 0 Å². The molecule has 0 aliphatic carbocycles. The van der Waals surface area contributed by atoms with Gasteiger partial charge in [0.05, 0.1) is 6.10 Å². The molecule has 2 saturated heterocycles. The van der Waals surface area contributed by atoms with Gasteiger partial charge in [-0.15, -0.1) is 0 Å². The number of aliphatic hydroxyl groups is 1. The van der Waals surface area contributed by atoms with Gasteiger partial charge in [0.25, 0.3) is 0 Å². The predicted octanol–water partition coefficient (Wildman–Crippen LogP) is 0.737. The van der Waals surface area contributed by atoms with Crippen molar-refractivity contribution in [1.29, 1.82) is 0 Å². The molecule has 3 nitrogen and oxygen atoms in total. The Morgan fingerprint density at radius 2 is 1.64 bits per heavy atom. The van der Waals surface area contributed by atoms with Gasteiger partial charge in [-0.25, -0.2) is 0 Å². The molecule has 0 saturated carbocycles. The summed E-state index contributed by atoms with van der Waals surface area (Å²) < 4.78 is 0. The van der Waals surface area contributed by atoms with Crippen molar-refractivity contribution in [2.24, 2.45) is 5.92 Å². The fraction of sp³-hybridized carbons (Fsp3) is 1.00. The molecule has 3 N–H and O–H groups in total. The Bertz CT molecular complexity index is 113. The Morgan fingerprint density at radius 1 is 1.00 bits per heavy atom. The Kier molecular flexibility index (Phi) is 6.15. The minimum atomic E-state index is -0.0752. The zero-order valence-corrected chi connectivity index (χ0v) is 9.26. The highest BCUT2D eigenvalue weighted by molar-refractivity contribution is 4.65. The molecule has 84 valence electrons. The van der Waals surface area contributed by atoms with Crippen LogP contribution in [0.1, 0.15) is 32.6 Å². The molecule has 0 radical (unpaired) electrons. The summed E-state index contributed by atoms with van der Waals surface area (Å²) in [7, 11) is 0. The highest BCUT2D eigenvalue weighted by atomic mass is 16.3. The molecule has 2 fully saturated rings. The third kappa shape index (κ3) is 5.58. The van der Waals surface area contributed by atoms with Crippen LogP contribution >= 0.6 is 0 Å². The summed E-state index contributed by atoms with van der Waals surface area (Å²) >= 11 is 0. The molecule has 0 aromatic heterocycles. The molecular formula is C11H24N2O. The van der Waals surface area contributed by atoms with Crippen LogP contribution in [0.4, 0.5) is 0 Å². The monoisotopic (exact) mass is 200 g/mol. The number of piperidine rings is 2. The van der Waals surface area contributed by atoms with E-state index in [-0.39, 0.29) is 6.10 Å². The molecule has 0 aromatic carbocycles. The fourth-order valence-electron chi connectivity index (χ4n) is 1.86. The summed E-state index contributed by atoms with van der Waals surface area (Å²) in [6, 6.07) is 0. The number of nitrogens with one attached hydrogen (secondary N) is 2. The molecule has 2 aliphatic rings. The third-order valence-corrected chi connectivity index (χ3v) is 2.81. The lowest BCUT2D eigenvalue weighted by molar-refractivity contribution is 0.142. The average molecular weight is 200 g/mol. The molecule has 2 atom stereocenters. The van der Waals surface area contributed by atoms with Crippen molar-refractivity contribution in [2.45, 2.75) is 38.7 Å². The highest BCUT2D eigenvalue weighted by Crippen LogP contribution is 2.06. The lowest BCUT2D eigenvalue weighted by Gasteiger charge is -2.17. The van der Waals surface area contributed by atoms with Crippen LogP contribution in [-0.4, -0.2) is 37.4 Å². The summed E-state index contributed by atoms with van der Waals surface area (Å²) in [5, 5.41) is 15.3. The van der Waals surface area contributed by atoms with E-state index in [0.717, 1.165) is 31.8 Å². The van der Waals surface area contributed by atoms with E-state index in [1.54, 1.807) is 0 Å². The van der Waals surface area contributed by atoms with Gasteiger partial charge in [-0.2, -0.15) is 0 Å². The Labute approximate surface area is 87.3 Å². The largest absolute Gasteiger partial charge is 0.392 e. The number of aliphatic hydroxyl groups excluding tert-OH is 1. The SMILES string of the molecule is C[C@H]1CCCNC1.O[C@@H]1CCCNC1. The molecule has 2 heterocycles. The summed E-state index contributed by atoms with van der Waals surface area (Å²) in [6.07, 6.45) is 4.83. The van der Waals surface area contributed by atoms with Crippen LogP contribution in [0.3, 0.4) is 0 Å². The molecule has 0 unspecified atom stereocenters. The van der Waals surface area contributed by atoms with Gasteiger partial charge in [0.15, 0.2) is 0 Å². The molecule has 3 heteroatoms. The van der Waals surface area contributed by atoms with Gasteiger partial charge in [-0.05, 0) is 51.2 Å². The van der Waals surface area contributed by atoms with E-state index in [4.69, 9.17) is 5.11 Å². The van der Waals surface area contributed by atoms with Gasteiger partial charge in [0.2, 0.25) is 0 Å². The van der Waals surface area contributed by atoms with Crippen LogP contribution in [0.25, 0.3) is 0 Å². The first kappa shape index (κ1) is 12.0. The smallest absolute Gasteiger partial charge is 0.0665 e. The van der Waals surface area contributed by atoms with Crippen LogP contribution < -0.4 is 10.6 Å². The van der Waals surface area contributed by atoms with E-state index >= 15 is 0 Å². The fourth-order valence-corrected chi connectivity index (χ4v) is 1.86. The van der Waals surface area contributed by atoms with Crippen molar-refractivity contribution < 1.29 is 5.11 Å². The number of β-amino-alcohol motifs (C(OH)–C–C–N with tert-alkyl or cyclic N) is 1. The van der Waals surface area contributed by atoms with Crippen molar-refractivity contribution in [1.82, 2.24) is 10.6 Å². The van der Waals surface area contributed by atoms with Crippen LogP contribution in [0.15, 0.2) is 0 Å². The Hall–Kier alpha value is -0.120. The van der Waals surface area contributed by atoms with E-state index < -0.39 is 0 Å². The third-order valence-electron chi connectivity index (χ3n) is 2.81. The second-order valence-corrected chi connectivity index (χ2v) is 4.45. The van der Waals surface area contributed by atoms with Crippen molar-refractivity contribution in [3.8, 4) is 0 Å². The quantitative estimate of drug-likeness (QED) is 0.540. The molecule has 14 heavy (non-hydrogen) atoms. The normalized spacial score (nSPS) is 33.0. The van der Waals surface area contributed by atoms with Crippen molar-refractivity contribution >= 4 is 0 Å². The summed E-state index contributed by atoms with van der Waals surface area (Å²) in [5.41, 5.74) is 0. The van der Waals surface area contributed by atoms with Gasteiger partial charge in [-0.3, -0.25) is 0 Å². The Morgan fingerprint density at radius 3 is 1.86 bits per heavy atom. The summed E-state index contributed by atoms with van der Waals surface area (Å²) in [5.74, 6) is 0.925. The standard InChI is InChI=1S/C6H13N.C5H11NO/c1-6-3-2-4-7-5-6;7-5-2-1-3-6-4-5/h6-7H,2-5H2,1H3;5-7H,1-4H2/t6-;5-/m01/s1. The number of hydrogen-bond donors (Lipinski definition) is 3. The van der Waals surface area contributed by atoms with Crippen LogP contribution in [0, 0.1) is 5.92 Å². The van der Waals surface area contributed by atoms with Crippen LogP contribution in [0.5, 0.6) is 0 Å². The van der Waals surface area contributed by atoms with E-state index in [0.29, 0.717) is 0 Å². The Balaban J connectivity index is 0.000000140. The van der Waals surface area contributed by atoms with Gasteiger partial charge in [0.1, 0.15) is 0 Å². The summed E-state index contributed by atoms with van der Waals surface area (Å²) in [4.78, 5) is 0. The lowest BCUT2D eigenvalue weighted by Crippen LogP contribution is -2.33. The van der Waals surface area contributed by atoms with Gasteiger partial charge >= 0.3 is 0 Å². The van der Waals surface area contributed by atoms with E-state index in [1.807, 2.05) is 0 Å². The summed E-state index contributed by atoms with van der Waals surface area (Å²) in [6.45, 7) is 6.65. The highest BCUT2D eigenvalue weighted by Gasteiger charge is 2.06. The van der Waals surface area contributed by atoms with E-state index in [2.05, 4.69) is 17.6 Å². The number of hydrogen-bond acceptors (Lipinski definition) is 3. The first-order chi connectivity index (χ1) is 6.79. The second-order valence-electron chi connectivity index (χ2n) is 4.45. The first-order valence-electron chi connectivity index (χ1n) is 5.88. The molecule has 2 aliphatic heterocycles. The zero-order chi connectivity index (χ0) is 10.2. The van der Waals surface area contributed by atoms with Gasteiger partial charge < -0.3 is 15.7 Å². The molecule has 0 spiro atoms. The second kappa shape index (κ2) is 7.21. The van der Waals surface area contributed by atoms with E-state index in [1.165, 1.54) is 25.9 Å². The topological polar surface area (TPSA) is 44.3 Å². The maximum atomic E-state index is 8.85. The first-order valence-corrected chi connectivity index (χ1v) is 5.88. The van der Waals surface area contributed by atoms with Gasteiger partial charge in [-0.1, -0.05) is 6.92 Å². The average Bonchev–Trinajstić information content (AvgIpc) is 2.21. The molecular weight excluding hydrogens is 176 g/mol. The van der Waals surface area contributed by atoms with Crippen molar-refractivity contribution in [3.63, 3.8) is 0 Å². The number of rotatable bonds is 0. The predicted molar refractivity (Wildman–Crippen MR) is 59.4 cm³/mol. The minimum Gasteiger partial charge on any atom is -0.392 e. The molecule has 0 aromatic rings. The molecule has 0 bridgehead atoms. The zero-order valence-electron chi connectivity index (χ0n) is 9.26. The lowest BCUT2D eigenvalue weighted by atomic mass is 10.0. The van der Waals surface area contributed by atoms with Crippen molar-refractivity contribution in [2.75, 3.05) is 26.2 Å². The van der Waals surface area contributed by atoms with Gasteiger partial charge in [0, 0.05) is 6.54 Å². The van der Waals surface area contributed by atoms with Crippen LogP contribution in [0.2, 0.25) is 0 Å². The van der Waals surface area contributed by atoms with E-state index in [9.17, 15) is 0 Å². The molecule has 2 rings (SSSR count). The molecule has 0 amide bonds. The maximum absolute atomic E-state index is 8.85. The maximum Gasteiger partial charge on any atom is 0.0665 e. The minimum absolute atomic E-state index is 0.0752. The van der Waals surface area contributed by atoms with Crippen molar-refractivity contribution in [3.05, 3.63) is 0 Å².